The van der Waals surface area contributed by atoms with Crippen LogP contribution in [0.15, 0.2) is 77.5 Å². The van der Waals surface area contributed by atoms with Crippen LogP contribution in [0, 0.1) is 6.92 Å². The lowest BCUT2D eigenvalue weighted by molar-refractivity contribution is 0.251. The Bertz CT molecular complexity index is 1340. The van der Waals surface area contributed by atoms with Crippen LogP contribution in [0.4, 0.5) is 10.6 Å². The van der Waals surface area contributed by atoms with Crippen LogP contribution in [0.5, 0.6) is 5.75 Å². The molecule has 1 aromatic heterocycles. The molecule has 10 heteroatoms. The predicted octanol–water partition coefficient (Wildman–Crippen LogP) is 6.41. The number of carbonyl (C=O) groups excluding carboxylic acids is 1. The molecule has 0 fully saturated rings. The summed E-state index contributed by atoms with van der Waals surface area (Å²) in [6.45, 7) is 11.9. The van der Waals surface area contributed by atoms with E-state index in [0.717, 1.165) is 16.9 Å². The van der Waals surface area contributed by atoms with E-state index in [-0.39, 0.29) is 23.0 Å². The second-order valence-electron chi connectivity index (χ2n) is 9.26. The third-order valence-electron chi connectivity index (χ3n) is 5.14. The van der Waals surface area contributed by atoms with Gasteiger partial charge in [-0.1, -0.05) is 68.2 Å². The number of ether oxygens (including phenoxy) is 1. The monoisotopic (exact) mass is 540 g/mol. The van der Waals surface area contributed by atoms with Crippen molar-refractivity contribution in [2.75, 3.05) is 5.32 Å². The zero-order valence-corrected chi connectivity index (χ0v) is 22.7. The molecule has 0 saturated heterocycles. The van der Waals surface area contributed by atoms with Gasteiger partial charge in [-0.3, -0.25) is 5.32 Å². The Labute approximate surface area is 226 Å². The number of carbonyl (C=O) groups is 1. The van der Waals surface area contributed by atoms with Gasteiger partial charge in [-0.2, -0.15) is 5.10 Å². The van der Waals surface area contributed by atoms with Crippen LogP contribution in [0.1, 0.15) is 37.6 Å². The molecule has 4 N–H and O–H groups in total. The normalized spacial score (nSPS) is 12.0. The Balaban J connectivity index is 1.81. The topological polar surface area (TPSA) is 107 Å². The molecule has 0 saturated carbocycles. The quantitative estimate of drug-likeness (QED) is 0.183. The third-order valence-corrected chi connectivity index (χ3v) is 5.46. The van der Waals surface area contributed by atoms with Gasteiger partial charge >= 0.3 is 6.03 Å². The number of amides is 2. The Hall–Kier alpha value is -3.75. The van der Waals surface area contributed by atoms with Gasteiger partial charge in [0.15, 0.2) is 0 Å². The second kappa shape index (κ2) is 12.0. The van der Waals surface area contributed by atoms with Crippen LogP contribution >= 0.6 is 23.2 Å². The van der Waals surface area contributed by atoms with Gasteiger partial charge in [0.2, 0.25) is 5.90 Å². The van der Waals surface area contributed by atoms with E-state index in [2.05, 4.69) is 43.0 Å². The number of aromatic nitrogens is 2. The zero-order valence-electron chi connectivity index (χ0n) is 21.2. The van der Waals surface area contributed by atoms with E-state index in [9.17, 15) is 4.79 Å². The van der Waals surface area contributed by atoms with Gasteiger partial charge in [0, 0.05) is 34.7 Å². The molecule has 0 aliphatic carbocycles. The standard InChI is InChI=1S/C27H30Cl2N6O2/c1-17-6-9-21(10-7-17)35-24(15-23(34-35)27(3,4)5)33-26(36)31-16-19-14-20(29)8-11-22(19)37-25(12-13-30)32-18(2)28/h6-15H,2,16,30H2,1,3-5H3,(H2,31,33,36)/b13-12-,32-25+. The SMILES string of the molecule is C=C(Cl)/N=C(\C=C/N)Oc1ccc(Cl)cc1CNC(=O)Nc1cc(C(C)(C)C)nn1-c1ccc(C)cc1. The Morgan fingerprint density at radius 3 is 2.54 bits per heavy atom. The van der Waals surface area contributed by atoms with Crippen molar-refractivity contribution in [3.8, 4) is 11.4 Å². The zero-order chi connectivity index (χ0) is 27.2. The minimum atomic E-state index is -0.426. The highest BCUT2D eigenvalue weighted by atomic mass is 35.5. The Morgan fingerprint density at radius 2 is 1.92 bits per heavy atom. The molecule has 0 bridgehead atoms. The lowest BCUT2D eigenvalue weighted by Crippen LogP contribution is -2.29. The van der Waals surface area contributed by atoms with Crippen molar-refractivity contribution >= 4 is 40.9 Å². The number of hydrogen-bond donors (Lipinski definition) is 3. The molecular weight excluding hydrogens is 511 g/mol. The summed E-state index contributed by atoms with van der Waals surface area (Å²) in [5, 5.41) is 11.0. The molecule has 0 aliphatic heterocycles. The van der Waals surface area contributed by atoms with E-state index < -0.39 is 6.03 Å². The summed E-state index contributed by atoms with van der Waals surface area (Å²) in [6, 6.07) is 14.4. The number of nitrogens with two attached hydrogens (primary N) is 1. The number of halogens is 2. The highest BCUT2D eigenvalue weighted by Gasteiger charge is 2.21. The smallest absolute Gasteiger partial charge is 0.320 e. The molecule has 37 heavy (non-hydrogen) atoms. The summed E-state index contributed by atoms with van der Waals surface area (Å²) < 4.78 is 7.54. The summed E-state index contributed by atoms with van der Waals surface area (Å²) in [5.41, 5.74) is 8.69. The van der Waals surface area contributed by atoms with Gasteiger partial charge in [0.1, 0.15) is 16.7 Å². The van der Waals surface area contributed by atoms with Crippen LogP contribution in [0.2, 0.25) is 5.02 Å². The van der Waals surface area contributed by atoms with Crippen LogP contribution in [0.25, 0.3) is 5.69 Å². The molecule has 1 heterocycles. The highest BCUT2D eigenvalue weighted by Crippen LogP contribution is 2.27. The maximum atomic E-state index is 12.9. The fourth-order valence-electron chi connectivity index (χ4n) is 3.25. The van der Waals surface area contributed by atoms with Gasteiger partial charge in [0.05, 0.1) is 11.4 Å². The average Bonchev–Trinajstić information content (AvgIpc) is 3.23. The second-order valence-corrected chi connectivity index (χ2v) is 10.1. The number of anilines is 1. The first-order chi connectivity index (χ1) is 17.5. The molecule has 0 atom stereocenters. The highest BCUT2D eigenvalue weighted by molar-refractivity contribution is 6.30. The molecule has 2 amide bonds. The molecule has 2 aromatic carbocycles. The molecule has 8 nitrogen and oxygen atoms in total. The number of nitrogens with zero attached hydrogens (tertiary/aromatic N) is 3. The number of aliphatic imine (C=N–C) groups is 1. The molecule has 3 rings (SSSR count). The van der Waals surface area contributed by atoms with Gasteiger partial charge in [0.25, 0.3) is 0 Å². The molecule has 194 valence electrons. The van der Waals surface area contributed by atoms with Crippen molar-refractivity contribution in [3.63, 3.8) is 0 Å². The molecule has 3 aromatic rings. The number of aryl methyl sites for hydroxylation is 1. The van der Waals surface area contributed by atoms with Crippen molar-refractivity contribution in [2.24, 2.45) is 10.7 Å². The van der Waals surface area contributed by atoms with E-state index in [1.54, 1.807) is 22.9 Å². The molecule has 0 radical (unpaired) electrons. The number of nitrogens with one attached hydrogen (secondary N) is 2. The number of rotatable bonds is 7. The summed E-state index contributed by atoms with van der Waals surface area (Å²) in [5.74, 6) is 1.09. The first kappa shape index (κ1) is 27.8. The van der Waals surface area contributed by atoms with Gasteiger partial charge in [-0.25, -0.2) is 14.5 Å². The lowest BCUT2D eigenvalue weighted by atomic mass is 9.92. The number of urea groups is 1. The van der Waals surface area contributed by atoms with Crippen molar-refractivity contribution in [1.29, 1.82) is 0 Å². The number of hydrogen-bond acceptors (Lipinski definition) is 5. The van der Waals surface area contributed by atoms with Gasteiger partial charge < -0.3 is 15.8 Å². The van der Waals surface area contributed by atoms with Crippen molar-refractivity contribution in [2.45, 2.75) is 39.7 Å². The molecule has 0 aliphatic rings. The fourth-order valence-corrected chi connectivity index (χ4v) is 3.53. The summed E-state index contributed by atoms with van der Waals surface area (Å²) in [6.07, 6.45) is 2.70. The van der Waals surface area contributed by atoms with Crippen LogP contribution in [-0.2, 0) is 12.0 Å². The largest absolute Gasteiger partial charge is 0.439 e. The fraction of sp³-hybridized carbons (Fsp3) is 0.222. The average molecular weight is 541 g/mol. The maximum absolute atomic E-state index is 12.9. The van der Waals surface area contributed by atoms with Gasteiger partial charge in [-0.15, -0.1) is 0 Å². The van der Waals surface area contributed by atoms with E-state index in [1.807, 2.05) is 37.3 Å². The molecule has 0 spiro atoms. The van der Waals surface area contributed by atoms with Gasteiger partial charge in [-0.05, 0) is 43.5 Å². The maximum Gasteiger partial charge on any atom is 0.320 e. The predicted molar refractivity (Wildman–Crippen MR) is 151 cm³/mol. The van der Waals surface area contributed by atoms with E-state index in [1.165, 1.54) is 12.3 Å². The van der Waals surface area contributed by atoms with Crippen molar-refractivity contribution in [3.05, 3.63) is 94.4 Å². The summed E-state index contributed by atoms with van der Waals surface area (Å²) in [4.78, 5) is 16.9. The minimum absolute atomic E-state index is 0.0286. The minimum Gasteiger partial charge on any atom is -0.439 e. The lowest BCUT2D eigenvalue weighted by Gasteiger charge is -2.14. The number of benzene rings is 2. The first-order valence-electron chi connectivity index (χ1n) is 11.5. The Kier molecular flexibility index (Phi) is 9.02. The molecular formula is C27H30Cl2N6O2. The third kappa shape index (κ3) is 7.87. The summed E-state index contributed by atoms with van der Waals surface area (Å²) in [7, 11) is 0. The van der Waals surface area contributed by atoms with Crippen LogP contribution < -0.4 is 21.1 Å². The van der Waals surface area contributed by atoms with Crippen molar-refractivity contribution < 1.29 is 9.53 Å². The van der Waals surface area contributed by atoms with E-state index >= 15 is 0 Å². The van der Waals surface area contributed by atoms with Crippen LogP contribution in [0.3, 0.4) is 0 Å². The van der Waals surface area contributed by atoms with E-state index in [4.69, 9.17) is 38.8 Å². The molecule has 0 unspecified atom stereocenters. The first-order valence-corrected chi connectivity index (χ1v) is 12.2. The van der Waals surface area contributed by atoms with E-state index in [0.29, 0.717) is 22.2 Å². The Morgan fingerprint density at radius 1 is 1.22 bits per heavy atom. The van der Waals surface area contributed by atoms with Crippen molar-refractivity contribution in [1.82, 2.24) is 15.1 Å². The van der Waals surface area contributed by atoms with Crippen LogP contribution in [-0.4, -0.2) is 21.7 Å². The summed E-state index contributed by atoms with van der Waals surface area (Å²) >= 11 is 12.0.